The number of carbonyl (C=O) groups excluding carboxylic acids is 4. The number of hydrazine groups is 1. The number of rotatable bonds is 6. The van der Waals surface area contributed by atoms with Gasteiger partial charge in [-0.2, -0.15) is 5.01 Å². The van der Waals surface area contributed by atoms with E-state index in [-0.39, 0.29) is 18.6 Å². The van der Waals surface area contributed by atoms with Gasteiger partial charge in [0.25, 0.3) is 11.8 Å². The highest BCUT2D eigenvalue weighted by Crippen LogP contribution is 2.21. The minimum Gasteiger partial charge on any atom is -0.465 e. The maximum Gasteiger partial charge on any atom is 0.344 e. The van der Waals surface area contributed by atoms with Gasteiger partial charge in [-0.3, -0.25) is 19.9 Å². The van der Waals surface area contributed by atoms with Gasteiger partial charge in [-0.15, -0.1) is 0 Å². The van der Waals surface area contributed by atoms with Crippen molar-refractivity contribution in [3.8, 4) is 0 Å². The Hall–Kier alpha value is -3.14. The Morgan fingerprint density at radius 3 is 2.45 bits per heavy atom. The van der Waals surface area contributed by atoms with Gasteiger partial charge in [-0.25, -0.2) is 9.59 Å². The van der Waals surface area contributed by atoms with Crippen molar-refractivity contribution in [1.29, 1.82) is 0 Å². The number of nitrogens with zero attached hydrogens (tertiary/aromatic N) is 3. The molecule has 2 heterocycles. The van der Waals surface area contributed by atoms with Crippen LogP contribution in [0.15, 0.2) is 24.3 Å². The zero-order chi connectivity index (χ0) is 22.8. The van der Waals surface area contributed by atoms with Gasteiger partial charge < -0.3 is 15.0 Å². The van der Waals surface area contributed by atoms with Crippen molar-refractivity contribution in [2.45, 2.75) is 38.8 Å². The van der Waals surface area contributed by atoms with Crippen molar-refractivity contribution in [3.05, 3.63) is 29.8 Å². The largest absolute Gasteiger partial charge is 0.465 e. The molecule has 1 aromatic rings. The second kappa shape index (κ2) is 8.93. The molecule has 2 aliphatic heterocycles. The van der Waals surface area contributed by atoms with Crippen molar-refractivity contribution >= 4 is 29.5 Å². The SMILES string of the molecule is CCC1(C)NC(=O)N(NC(=O)CN2CCN(c3ccc(C(=O)OC)cc3)CC2C)C1=O. The molecule has 4 amide bonds. The van der Waals surface area contributed by atoms with Crippen LogP contribution in [0, 0.1) is 0 Å². The van der Waals surface area contributed by atoms with Crippen LogP contribution < -0.4 is 15.6 Å². The Bertz CT molecular complexity index is 873. The van der Waals surface area contributed by atoms with Gasteiger partial charge in [0, 0.05) is 31.4 Å². The molecule has 2 N–H and O–H groups in total. The van der Waals surface area contributed by atoms with Crippen molar-refractivity contribution < 1.29 is 23.9 Å². The molecule has 0 radical (unpaired) electrons. The van der Waals surface area contributed by atoms with E-state index in [2.05, 4.69) is 15.6 Å². The summed E-state index contributed by atoms with van der Waals surface area (Å²) in [7, 11) is 1.35. The van der Waals surface area contributed by atoms with Crippen LogP contribution in [0.25, 0.3) is 0 Å². The average molecular weight is 431 g/mol. The number of nitrogens with one attached hydrogen (secondary N) is 2. The van der Waals surface area contributed by atoms with E-state index in [1.165, 1.54) is 7.11 Å². The predicted octanol–water partition coefficient (Wildman–Crippen LogP) is 0.735. The van der Waals surface area contributed by atoms with Crippen LogP contribution in [0.1, 0.15) is 37.6 Å². The van der Waals surface area contributed by atoms with Crippen LogP contribution >= 0.6 is 0 Å². The lowest BCUT2D eigenvalue weighted by Gasteiger charge is -2.40. The lowest BCUT2D eigenvalue weighted by Crippen LogP contribution is -2.56. The summed E-state index contributed by atoms with van der Waals surface area (Å²) in [5.41, 5.74) is 2.92. The van der Waals surface area contributed by atoms with Gasteiger partial charge in [0.15, 0.2) is 0 Å². The smallest absolute Gasteiger partial charge is 0.344 e. The fourth-order valence-corrected chi connectivity index (χ4v) is 3.76. The van der Waals surface area contributed by atoms with Crippen LogP contribution in [-0.2, 0) is 14.3 Å². The third-order valence-electron chi connectivity index (χ3n) is 5.97. The summed E-state index contributed by atoms with van der Waals surface area (Å²) in [6, 6.07) is 6.68. The first kappa shape index (κ1) is 22.5. The predicted molar refractivity (Wildman–Crippen MR) is 113 cm³/mol. The molecule has 0 aromatic heterocycles. The van der Waals surface area contributed by atoms with Crippen molar-refractivity contribution in [2.24, 2.45) is 0 Å². The van der Waals surface area contributed by atoms with E-state index in [9.17, 15) is 19.2 Å². The normalized spacial score (nSPS) is 24.2. The van der Waals surface area contributed by atoms with E-state index in [1.54, 1.807) is 26.0 Å². The topological polar surface area (TPSA) is 111 Å². The minimum absolute atomic E-state index is 0.0730. The van der Waals surface area contributed by atoms with Crippen molar-refractivity contribution in [1.82, 2.24) is 20.7 Å². The summed E-state index contributed by atoms with van der Waals surface area (Å²) in [6.45, 7) is 7.57. The van der Waals surface area contributed by atoms with E-state index >= 15 is 0 Å². The molecule has 3 rings (SSSR count). The number of urea groups is 1. The van der Waals surface area contributed by atoms with Crippen LogP contribution in [0.5, 0.6) is 0 Å². The van der Waals surface area contributed by atoms with E-state index < -0.39 is 23.4 Å². The van der Waals surface area contributed by atoms with Gasteiger partial charge in [-0.05, 0) is 44.5 Å². The standard InChI is InChI=1S/C21H29N5O5/c1-5-21(3)19(29)26(20(30)22-21)23-17(27)13-24-10-11-25(12-14(24)2)16-8-6-15(7-9-16)18(28)31-4/h6-9,14H,5,10-13H2,1-4H3,(H,22,30)(H,23,27). The fraction of sp³-hybridized carbons (Fsp3) is 0.524. The number of anilines is 1. The molecule has 2 aliphatic rings. The van der Waals surface area contributed by atoms with Gasteiger partial charge >= 0.3 is 12.0 Å². The Morgan fingerprint density at radius 2 is 1.90 bits per heavy atom. The first-order valence-corrected chi connectivity index (χ1v) is 10.3. The first-order valence-electron chi connectivity index (χ1n) is 10.3. The number of benzene rings is 1. The molecule has 2 fully saturated rings. The maximum atomic E-state index is 12.5. The highest BCUT2D eigenvalue weighted by atomic mass is 16.5. The van der Waals surface area contributed by atoms with Gasteiger partial charge in [0.2, 0.25) is 0 Å². The molecule has 2 unspecified atom stereocenters. The molecule has 2 atom stereocenters. The summed E-state index contributed by atoms with van der Waals surface area (Å²) in [5, 5.41) is 3.38. The molecular formula is C21H29N5O5. The molecule has 0 bridgehead atoms. The number of methoxy groups -OCH3 is 1. The molecule has 2 saturated heterocycles. The second-order valence-corrected chi connectivity index (χ2v) is 8.10. The second-order valence-electron chi connectivity index (χ2n) is 8.10. The van der Waals surface area contributed by atoms with E-state index in [0.717, 1.165) is 10.7 Å². The maximum absolute atomic E-state index is 12.5. The summed E-state index contributed by atoms with van der Waals surface area (Å²) in [6.07, 6.45) is 0.434. The number of amides is 4. The summed E-state index contributed by atoms with van der Waals surface area (Å²) < 4.78 is 4.72. The fourth-order valence-electron chi connectivity index (χ4n) is 3.76. The number of imide groups is 1. The van der Waals surface area contributed by atoms with Gasteiger partial charge in [-0.1, -0.05) is 6.92 Å². The number of ether oxygens (including phenoxy) is 1. The number of esters is 1. The van der Waals surface area contributed by atoms with Gasteiger partial charge in [0.1, 0.15) is 5.54 Å². The number of hydrogen-bond acceptors (Lipinski definition) is 7. The molecule has 10 nitrogen and oxygen atoms in total. The first-order chi connectivity index (χ1) is 14.7. The molecule has 0 aliphatic carbocycles. The third kappa shape index (κ3) is 4.63. The highest BCUT2D eigenvalue weighted by Gasteiger charge is 2.47. The Morgan fingerprint density at radius 1 is 1.23 bits per heavy atom. The van der Waals surface area contributed by atoms with Crippen molar-refractivity contribution in [3.63, 3.8) is 0 Å². The Balaban J connectivity index is 1.54. The van der Waals surface area contributed by atoms with Gasteiger partial charge in [0.05, 0.1) is 19.2 Å². The Labute approximate surface area is 181 Å². The molecule has 168 valence electrons. The van der Waals surface area contributed by atoms with Crippen LogP contribution in [0.2, 0.25) is 0 Å². The van der Waals surface area contributed by atoms with Crippen LogP contribution in [0.4, 0.5) is 10.5 Å². The number of carbonyl (C=O) groups is 4. The molecule has 0 spiro atoms. The summed E-state index contributed by atoms with van der Waals surface area (Å²) in [5.74, 6) is -1.24. The van der Waals surface area contributed by atoms with Crippen LogP contribution in [0.3, 0.4) is 0 Å². The molecule has 31 heavy (non-hydrogen) atoms. The lowest BCUT2D eigenvalue weighted by molar-refractivity contribution is -0.139. The molecule has 0 saturated carbocycles. The average Bonchev–Trinajstić information content (AvgIpc) is 2.98. The Kier molecular flexibility index (Phi) is 6.49. The number of piperazine rings is 1. The highest BCUT2D eigenvalue weighted by molar-refractivity contribution is 6.07. The van der Waals surface area contributed by atoms with E-state index in [0.29, 0.717) is 31.6 Å². The molecule has 10 heteroatoms. The summed E-state index contributed by atoms with van der Waals surface area (Å²) in [4.78, 5) is 52.8. The van der Waals surface area contributed by atoms with Crippen molar-refractivity contribution in [2.75, 3.05) is 38.2 Å². The minimum atomic E-state index is -0.993. The van der Waals surface area contributed by atoms with Crippen LogP contribution in [-0.4, -0.2) is 78.6 Å². The quantitative estimate of drug-likeness (QED) is 0.505. The summed E-state index contributed by atoms with van der Waals surface area (Å²) >= 11 is 0. The van der Waals surface area contributed by atoms with E-state index in [1.807, 2.05) is 24.0 Å². The van der Waals surface area contributed by atoms with E-state index in [4.69, 9.17) is 4.74 Å². The monoisotopic (exact) mass is 431 g/mol. The molecule has 1 aromatic carbocycles. The lowest BCUT2D eigenvalue weighted by atomic mass is 10.00. The third-order valence-corrected chi connectivity index (χ3v) is 5.97. The molecular weight excluding hydrogens is 402 g/mol. The zero-order valence-electron chi connectivity index (χ0n) is 18.3. The zero-order valence-corrected chi connectivity index (χ0v) is 18.3. The number of hydrogen-bond donors (Lipinski definition) is 2.